The molecule has 128 valence electrons. The molecule has 0 spiro atoms. The van der Waals surface area contributed by atoms with Crippen molar-refractivity contribution in [2.45, 2.75) is 13.0 Å². The number of rotatable bonds is 6. The maximum absolute atomic E-state index is 13.5. The lowest BCUT2D eigenvalue weighted by atomic mass is 10.1. The summed E-state index contributed by atoms with van der Waals surface area (Å²) in [6.45, 7) is 0.723. The minimum atomic E-state index is -0.299. The molecule has 2 amide bonds. The van der Waals surface area contributed by atoms with Gasteiger partial charge in [-0.2, -0.15) is 5.10 Å². The summed E-state index contributed by atoms with van der Waals surface area (Å²) in [6.07, 6.45) is 5.63. The minimum Gasteiger partial charge on any atom is -0.338 e. The molecule has 0 saturated carbocycles. The Morgan fingerprint density at radius 3 is 2.72 bits per heavy atom. The fourth-order valence-corrected chi connectivity index (χ4v) is 2.32. The highest BCUT2D eigenvalue weighted by Crippen LogP contribution is 2.06. The molecule has 2 heterocycles. The number of aromatic nitrogens is 3. The molecule has 0 saturated heterocycles. The van der Waals surface area contributed by atoms with Crippen LogP contribution >= 0.6 is 0 Å². The Morgan fingerprint density at radius 2 is 2.00 bits per heavy atom. The van der Waals surface area contributed by atoms with Crippen molar-refractivity contribution in [1.29, 1.82) is 0 Å². The second kappa shape index (κ2) is 8.05. The number of hydrogen-bond acceptors (Lipinski definition) is 3. The van der Waals surface area contributed by atoms with Gasteiger partial charge in [0.05, 0.1) is 0 Å². The molecule has 3 rings (SSSR count). The number of amides is 2. The molecule has 25 heavy (non-hydrogen) atoms. The van der Waals surface area contributed by atoms with Crippen molar-refractivity contribution < 1.29 is 9.18 Å². The maximum atomic E-state index is 13.5. The first-order valence-corrected chi connectivity index (χ1v) is 7.92. The Hall–Kier alpha value is -3.22. The van der Waals surface area contributed by atoms with Crippen molar-refractivity contribution in [3.63, 3.8) is 0 Å². The van der Waals surface area contributed by atoms with Gasteiger partial charge in [0.15, 0.2) is 5.82 Å². The van der Waals surface area contributed by atoms with Crippen LogP contribution in [0.3, 0.4) is 0 Å². The van der Waals surface area contributed by atoms with E-state index in [2.05, 4.69) is 20.7 Å². The molecule has 0 bridgehead atoms. The normalized spacial score (nSPS) is 10.4. The summed E-state index contributed by atoms with van der Waals surface area (Å²) in [7, 11) is 0. The quantitative estimate of drug-likeness (QED) is 0.725. The van der Waals surface area contributed by atoms with Gasteiger partial charge >= 0.3 is 6.03 Å². The van der Waals surface area contributed by atoms with E-state index >= 15 is 0 Å². The molecule has 3 aromatic rings. The van der Waals surface area contributed by atoms with E-state index in [1.165, 1.54) is 6.07 Å². The molecule has 6 nitrogen and oxygen atoms in total. The zero-order valence-electron chi connectivity index (χ0n) is 13.5. The zero-order valence-corrected chi connectivity index (χ0v) is 13.5. The largest absolute Gasteiger partial charge is 0.338 e. The first-order valence-electron chi connectivity index (χ1n) is 7.92. The van der Waals surface area contributed by atoms with Crippen LogP contribution in [0.25, 0.3) is 5.82 Å². The van der Waals surface area contributed by atoms with Gasteiger partial charge in [-0.15, -0.1) is 0 Å². The number of nitrogens with zero attached hydrogens (tertiary/aromatic N) is 3. The van der Waals surface area contributed by atoms with Gasteiger partial charge in [0, 0.05) is 31.7 Å². The van der Waals surface area contributed by atoms with E-state index in [9.17, 15) is 9.18 Å². The van der Waals surface area contributed by atoms with E-state index in [0.717, 1.165) is 5.56 Å². The molecule has 0 atom stereocenters. The SMILES string of the molecule is O=C(NCCc1ccccc1F)NCc1ccc(-n2cccn2)nc1. The van der Waals surface area contributed by atoms with Crippen molar-refractivity contribution >= 4 is 6.03 Å². The van der Waals surface area contributed by atoms with Crippen LogP contribution in [0.2, 0.25) is 0 Å². The van der Waals surface area contributed by atoms with Crippen molar-refractivity contribution in [2.24, 2.45) is 0 Å². The highest BCUT2D eigenvalue weighted by Gasteiger charge is 2.04. The van der Waals surface area contributed by atoms with E-state index in [0.29, 0.717) is 30.9 Å². The monoisotopic (exact) mass is 339 g/mol. The van der Waals surface area contributed by atoms with Crippen molar-refractivity contribution in [3.8, 4) is 5.82 Å². The Kier molecular flexibility index (Phi) is 5.36. The standard InChI is InChI=1S/C18H18FN5O/c19-16-5-2-1-4-15(16)8-10-20-18(25)22-13-14-6-7-17(21-12-14)24-11-3-9-23-24/h1-7,9,11-12H,8,10,13H2,(H2,20,22,25). The smallest absolute Gasteiger partial charge is 0.315 e. The number of nitrogens with one attached hydrogen (secondary N) is 2. The summed E-state index contributed by atoms with van der Waals surface area (Å²) < 4.78 is 15.1. The van der Waals surface area contributed by atoms with Crippen LogP contribution in [0.15, 0.2) is 61.1 Å². The molecule has 0 radical (unpaired) electrons. The molecule has 0 aliphatic rings. The Labute approximate surface area is 144 Å². The summed E-state index contributed by atoms with van der Waals surface area (Å²) in [5, 5.41) is 9.56. The van der Waals surface area contributed by atoms with Gasteiger partial charge in [0.1, 0.15) is 5.82 Å². The Balaban J connectivity index is 1.42. The van der Waals surface area contributed by atoms with E-state index in [1.54, 1.807) is 35.3 Å². The Morgan fingerprint density at radius 1 is 1.12 bits per heavy atom. The molecular weight excluding hydrogens is 321 g/mol. The number of carbonyl (C=O) groups is 1. The first kappa shape index (κ1) is 16.6. The molecule has 0 unspecified atom stereocenters. The van der Waals surface area contributed by atoms with Crippen LogP contribution < -0.4 is 10.6 Å². The molecular formula is C18H18FN5O. The van der Waals surface area contributed by atoms with Gasteiger partial charge in [0.2, 0.25) is 0 Å². The minimum absolute atomic E-state index is 0.256. The van der Waals surface area contributed by atoms with E-state index in [1.807, 2.05) is 24.4 Å². The molecule has 2 N–H and O–H groups in total. The summed E-state index contributed by atoms with van der Waals surface area (Å²) in [6, 6.07) is 11.8. The van der Waals surface area contributed by atoms with Crippen LogP contribution in [0.4, 0.5) is 9.18 Å². The molecule has 0 fully saturated rings. The van der Waals surface area contributed by atoms with Crippen molar-refractivity contribution in [1.82, 2.24) is 25.4 Å². The number of pyridine rings is 1. The van der Waals surface area contributed by atoms with Crippen molar-refractivity contribution in [2.75, 3.05) is 6.54 Å². The fraction of sp³-hybridized carbons (Fsp3) is 0.167. The lowest BCUT2D eigenvalue weighted by molar-refractivity contribution is 0.240. The second-order valence-corrected chi connectivity index (χ2v) is 5.43. The second-order valence-electron chi connectivity index (χ2n) is 5.43. The number of halogens is 1. The number of hydrogen-bond donors (Lipinski definition) is 2. The van der Waals surface area contributed by atoms with Gasteiger partial charge in [-0.25, -0.2) is 18.9 Å². The average molecular weight is 339 g/mol. The average Bonchev–Trinajstić information content (AvgIpc) is 3.17. The highest BCUT2D eigenvalue weighted by atomic mass is 19.1. The van der Waals surface area contributed by atoms with Gasteiger partial charge < -0.3 is 10.6 Å². The Bertz CT molecular complexity index is 818. The van der Waals surface area contributed by atoms with Crippen LogP contribution in [0, 0.1) is 5.82 Å². The third-order valence-corrected chi connectivity index (χ3v) is 3.64. The predicted molar refractivity (Wildman–Crippen MR) is 91.7 cm³/mol. The van der Waals surface area contributed by atoms with Crippen molar-refractivity contribution in [3.05, 3.63) is 78.0 Å². The zero-order chi connectivity index (χ0) is 17.5. The van der Waals surface area contributed by atoms with Crippen LogP contribution in [0.5, 0.6) is 0 Å². The molecule has 7 heteroatoms. The van der Waals surface area contributed by atoms with Crippen LogP contribution in [-0.2, 0) is 13.0 Å². The number of urea groups is 1. The van der Waals surface area contributed by atoms with Crippen LogP contribution in [-0.4, -0.2) is 27.3 Å². The van der Waals surface area contributed by atoms with Crippen LogP contribution in [0.1, 0.15) is 11.1 Å². The highest BCUT2D eigenvalue weighted by molar-refractivity contribution is 5.73. The lowest BCUT2D eigenvalue weighted by Gasteiger charge is -2.08. The summed E-state index contributed by atoms with van der Waals surface area (Å²) >= 11 is 0. The fourth-order valence-electron chi connectivity index (χ4n) is 2.32. The van der Waals surface area contributed by atoms with Gasteiger partial charge in [-0.1, -0.05) is 24.3 Å². The number of carbonyl (C=O) groups excluding carboxylic acids is 1. The summed E-state index contributed by atoms with van der Waals surface area (Å²) in [5.41, 5.74) is 1.46. The van der Waals surface area contributed by atoms with E-state index in [-0.39, 0.29) is 11.8 Å². The predicted octanol–water partition coefficient (Wildman–Crippen LogP) is 2.45. The molecule has 1 aromatic carbocycles. The third-order valence-electron chi connectivity index (χ3n) is 3.64. The first-order chi connectivity index (χ1) is 12.2. The van der Waals surface area contributed by atoms with E-state index in [4.69, 9.17) is 0 Å². The molecule has 2 aromatic heterocycles. The molecule has 0 aliphatic carbocycles. The van der Waals surface area contributed by atoms with E-state index < -0.39 is 0 Å². The van der Waals surface area contributed by atoms with Gasteiger partial charge in [-0.3, -0.25) is 0 Å². The third kappa shape index (κ3) is 4.63. The van der Waals surface area contributed by atoms with Gasteiger partial charge in [0.25, 0.3) is 0 Å². The summed E-state index contributed by atoms with van der Waals surface area (Å²) in [5.74, 6) is 0.455. The number of benzene rings is 1. The topological polar surface area (TPSA) is 71.8 Å². The van der Waals surface area contributed by atoms with Gasteiger partial charge in [-0.05, 0) is 35.7 Å². The maximum Gasteiger partial charge on any atom is 0.315 e. The lowest BCUT2D eigenvalue weighted by Crippen LogP contribution is -2.36. The summed E-state index contributed by atoms with van der Waals surface area (Å²) in [4.78, 5) is 16.1. The molecule has 0 aliphatic heterocycles.